The number of hydrazone groups is 1. The molecule has 2 rings (SSSR count). The molecule has 0 saturated heterocycles. The molecule has 2 aromatic carbocycles. The van der Waals surface area contributed by atoms with E-state index in [1.807, 2.05) is 43.3 Å². The Morgan fingerprint density at radius 1 is 1.06 bits per heavy atom. The molecule has 0 aliphatic heterocycles. The standard InChI is InChI=1S/C14H12Cl2N2/c1-10(13-8-7-11(15)9-14(13)16)17-18-12-5-3-2-4-6-12/h2-9,18H,1H3/b17-10+. The van der Waals surface area contributed by atoms with Crippen molar-refractivity contribution in [3.05, 3.63) is 64.1 Å². The summed E-state index contributed by atoms with van der Waals surface area (Å²) in [7, 11) is 0. The van der Waals surface area contributed by atoms with Gasteiger partial charge in [-0.1, -0.05) is 47.5 Å². The zero-order chi connectivity index (χ0) is 13.0. The van der Waals surface area contributed by atoms with E-state index in [1.54, 1.807) is 12.1 Å². The van der Waals surface area contributed by atoms with Gasteiger partial charge in [-0.15, -0.1) is 0 Å². The van der Waals surface area contributed by atoms with E-state index in [9.17, 15) is 0 Å². The number of nitrogens with one attached hydrogen (secondary N) is 1. The van der Waals surface area contributed by atoms with Crippen LogP contribution in [0.4, 0.5) is 5.69 Å². The molecule has 1 N–H and O–H groups in total. The van der Waals surface area contributed by atoms with Crippen LogP contribution in [0.25, 0.3) is 0 Å². The average molecular weight is 279 g/mol. The summed E-state index contributed by atoms with van der Waals surface area (Å²) in [4.78, 5) is 0. The van der Waals surface area contributed by atoms with Crippen molar-refractivity contribution in [3.63, 3.8) is 0 Å². The normalized spacial score (nSPS) is 11.4. The van der Waals surface area contributed by atoms with Crippen molar-refractivity contribution >= 4 is 34.6 Å². The molecule has 18 heavy (non-hydrogen) atoms. The van der Waals surface area contributed by atoms with Gasteiger partial charge in [-0.3, -0.25) is 5.43 Å². The Bertz CT molecular complexity index is 565. The minimum absolute atomic E-state index is 0.596. The number of anilines is 1. The first-order chi connectivity index (χ1) is 8.66. The lowest BCUT2D eigenvalue weighted by Crippen LogP contribution is -2.00. The molecule has 0 heterocycles. The highest BCUT2D eigenvalue weighted by atomic mass is 35.5. The summed E-state index contributed by atoms with van der Waals surface area (Å²) in [5.41, 5.74) is 5.58. The summed E-state index contributed by atoms with van der Waals surface area (Å²) < 4.78 is 0. The minimum atomic E-state index is 0.596. The van der Waals surface area contributed by atoms with Crippen molar-refractivity contribution < 1.29 is 0 Å². The summed E-state index contributed by atoms with van der Waals surface area (Å²) in [6.07, 6.45) is 0. The van der Waals surface area contributed by atoms with Crippen molar-refractivity contribution in [1.82, 2.24) is 0 Å². The molecule has 92 valence electrons. The molecule has 2 nitrogen and oxygen atoms in total. The quantitative estimate of drug-likeness (QED) is 0.631. The van der Waals surface area contributed by atoms with E-state index in [2.05, 4.69) is 10.5 Å². The Balaban J connectivity index is 2.18. The molecule has 0 unspecified atom stereocenters. The van der Waals surface area contributed by atoms with Crippen LogP contribution in [0.1, 0.15) is 12.5 Å². The zero-order valence-corrected chi connectivity index (χ0v) is 11.3. The first-order valence-corrected chi connectivity index (χ1v) is 6.23. The Morgan fingerprint density at radius 2 is 1.78 bits per heavy atom. The highest BCUT2D eigenvalue weighted by Crippen LogP contribution is 2.21. The highest BCUT2D eigenvalue weighted by molar-refractivity contribution is 6.37. The van der Waals surface area contributed by atoms with Crippen LogP contribution in [0.3, 0.4) is 0 Å². The number of nitrogens with zero attached hydrogens (tertiary/aromatic N) is 1. The fourth-order valence-corrected chi connectivity index (χ4v) is 2.05. The monoisotopic (exact) mass is 278 g/mol. The molecule has 0 saturated carbocycles. The van der Waals surface area contributed by atoms with Crippen LogP contribution in [-0.4, -0.2) is 5.71 Å². The van der Waals surface area contributed by atoms with Gasteiger partial charge in [0.2, 0.25) is 0 Å². The van der Waals surface area contributed by atoms with E-state index in [1.165, 1.54) is 0 Å². The number of hydrogen-bond acceptors (Lipinski definition) is 2. The van der Waals surface area contributed by atoms with Gasteiger partial charge in [0.05, 0.1) is 16.4 Å². The lowest BCUT2D eigenvalue weighted by Gasteiger charge is -2.05. The van der Waals surface area contributed by atoms with Crippen LogP contribution in [0.15, 0.2) is 53.6 Å². The second-order valence-electron chi connectivity index (χ2n) is 3.80. The van der Waals surface area contributed by atoms with Crippen molar-refractivity contribution in [1.29, 1.82) is 0 Å². The van der Waals surface area contributed by atoms with Crippen LogP contribution in [0.2, 0.25) is 10.0 Å². The third-order valence-electron chi connectivity index (χ3n) is 2.45. The molecular weight excluding hydrogens is 267 g/mol. The Kier molecular flexibility index (Phi) is 4.24. The highest BCUT2D eigenvalue weighted by Gasteiger charge is 2.04. The summed E-state index contributed by atoms with van der Waals surface area (Å²) >= 11 is 12.0. The third-order valence-corrected chi connectivity index (χ3v) is 3.00. The molecule has 0 atom stereocenters. The Morgan fingerprint density at radius 3 is 2.44 bits per heavy atom. The van der Waals surface area contributed by atoms with Crippen LogP contribution < -0.4 is 5.43 Å². The molecule has 0 aromatic heterocycles. The van der Waals surface area contributed by atoms with Crippen molar-refractivity contribution in [2.24, 2.45) is 5.10 Å². The lowest BCUT2D eigenvalue weighted by atomic mass is 10.1. The van der Waals surface area contributed by atoms with Gasteiger partial charge in [-0.25, -0.2) is 0 Å². The van der Waals surface area contributed by atoms with E-state index in [0.29, 0.717) is 10.0 Å². The van der Waals surface area contributed by atoms with E-state index in [4.69, 9.17) is 23.2 Å². The van der Waals surface area contributed by atoms with Crippen LogP contribution >= 0.6 is 23.2 Å². The maximum Gasteiger partial charge on any atom is 0.0663 e. The predicted octanol–water partition coefficient (Wildman–Crippen LogP) is 4.83. The summed E-state index contributed by atoms with van der Waals surface area (Å²) in [6.45, 7) is 1.89. The molecule has 0 radical (unpaired) electrons. The average Bonchev–Trinajstić information content (AvgIpc) is 2.37. The van der Waals surface area contributed by atoms with E-state index in [-0.39, 0.29) is 0 Å². The second kappa shape index (κ2) is 5.89. The van der Waals surface area contributed by atoms with Crippen molar-refractivity contribution in [3.8, 4) is 0 Å². The lowest BCUT2D eigenvalue weighted by molar-refractivity contribution is 1.32. The number of halogens is 2. The van der Waals surface area contributed by atoms with E-state index < -0.39 is 0 Å². The molecular formula is C14H12Cl2N2. The van der Waals surface area contributed by atoms with Gasteiger partial charge in [0.25, 0.3) is 0 Å². The molecule has 0 fully saturated rings. The van der Waals surface area contributed by atoms with Crippen LogP contribution in [0, 0.1) is 0 Å². The maximum atomic E-state index is 6.11. The van der Waals surface area contributed by atoms with Gasteiger partial charge >= 0.3 is 0 Å². The minimum Gasteiger partial charge on any atom is -0.278 e. The molecule has 0 bridgehead atoms. The van der Waals surface area contributed by atoms with Crippen LogP contribution in [0.5, 0.6) is 0 Å². The zero-order valence-electron chi connectivity index (χ0n) is 9.82. The van der Waals surface area contributed by atoms with Gasteiger partial charge in [-0.2, -0.15) is 5.10 Å². The first-order valence-electron chi connectivity index (χ1n) is 5.47. The fraction of sp³-hybridized carbons (Fsp3) is 0.0714. The molecule has 0 aliphatic rings. The van der Waals surface area contributed by atoms with Crippen molar-refractivity contribution in [2.45, 2.75) is 6.92 Å². The number of benzene rings is 2. The van der Waals surface area contributed by atoms with Gasteiger partial charge < -0.3 is 0 Å². The molecule has 0 amide bonds. The van der Waals surface area contributed by atoms with E-state index in [0.717, 1.165) is 17.0 Å². The van der Waals surface area contributed by atoms with Crippen LogP contribution in [-0.2, 0) is 0 Å². The summed E-state index contributed by atoms with van der Waals surface area (Å²) in [5.74, 6) is 0. The summed E-state index contributed by atoms with van der Waals surface area (Å²) in [6, 6.07) is 15.1. The van der Waals surface area contributed by atoms with Gasteiger partial charge in [0.15, 0.2) is 0 Å². The maximum absolute atomic E-state index is 6.11. The molecule has 0 aliphatic carbocycles. The molecule has 2 aromatic rings. The Hall–Kier alpha value is -1.51. The fourth-order valence-electron chi connectivity index (χ4n) is 1.50. The topological polar surface area (TPSA) is 24.4 Å². The van der Waals surface area contributed by atoms with Gasteiger partial charge in [-0.05, 0) is 31.2 Å². The molecule has 0 spiro atoms. The largest absolute Gasteiger partial charge is 0.278 e. The van der Waals surface area contributed by atoms with Gasteiger partial charge in [0.1, 0.15) is 0 Å². The smallest absolute Gasteiger partial charge is 0.0663 e. The SMILES string of the molecule is C/C(=N\Nc1ccccc1)c1ccc(Cl)cc1Cl. The first kappa shape index (κ1) is 12.9. The Labute approximate surface area is 116 Å². The predicted molar refractivity (Wildman–Crippen MR) is 78.7 cm³/mol. The van der Waals surface area contributed by atoms with Crippen molar-refractivity contribution in [2.75, 3.05) is 5.43 Å². The van der Waals surface area contributed by atoms with E-state index >= 15 is 0 Å². The molecule has 4 heteroatoms. The number of rotatable bonds is 3. The second-order valence-corrected chi connectivity index (χ2v) is 4.64. The summed E-state index contributed by atoms with van der Waals surface area (Å²) in [5, 5.41) is 5.51. The number of para-hydroxylation sites is 1. The number of hydrogen-bond donors (Lipinski definition) is 1. The third kappa shape index (κ3) is 3.25. The van der Waals surface area contributed by atoms with Gasteiger partial charge in [0, 0.05) is 10.6 Å².